The molecule has 40 heavy (non-hydrogen) atoms. The van der Waals surface area contributed by atoms with E-state index in [0.717, 1.165) is 21.6 Å². The SMILES string of the molecule is N[C@@H](CCC(=O)C[C@H](CSSC[C@@H](NC(=O)CC[C@H](N)C(=O)O)C(=O)NCC(=O)O)C(=O)NCC(=O)O)C(=O)O. The first-order valence-electron chi connectivity index (χ1n) is 11.6. The van der Waals surface area contributed by atoms with Crippen LogP contribution in [0.3, 0.4) is 0 Å². The minimum atomic E-state index is -1.34. The van der Waals surface area contributed by atoms with Crippen LogP contribution in [-0.2, 0) is 38.4 Å². The molecule has 0 aliphatic rings. The van der Waals surface area contributed by atoms with Crippen molar-refractivity contribution in [1.82, 2.24) is 16.0 Å². The predicted octanol–water partition coefficient (Wildman–Crippen LogP) is -2.79. The van der Waals surface area contributed by atoms with Crippen LogP contribution in [0.4, 0.5) is 0 Å². The number of hydrogen-bond acceptors (Lipinski definition) is 12. The highest BCUT2D eigenvalue weighted by molar-refractivity contribution is 8.76. The second kappa shape index (κ2) is 19.6. The van der Waals surface area contributed by atoms with Crippen molar-refractivity contribution in [2.24, 2.45) is 17.4 Å². The normalized spacial score (nSPS) is 13.7. The molecule has 0 aromatic rings. The Morgan fingerprint density at radius 1 is 0.675 bits per heavy atom. The van der Waals surface area contributed by atoms with Crippen molar-refractivity contribution in [2.75, 3.05) is 24.6 Å². The van der Waals surface area contributed by atoms with Gasteiger partial charge in [0.05, 0.1) is 5.92 Å². The summed E-state index contributed by atoms with van der Waals surface area (Å²) in [5.41, 5.74) is 10.7. The molecule has 0 aromatic carbocycles. The molecular formula is C21H33N5O12S2. The summed E-state index contributed by atoms with van der Waals surface area (Å²) in [5, 5.41) is 41.8. The van der Waals surface area contributed by atoms with Crippen LogP contribution in [0.2, 0.25) is 0 Å². The molecule has 0 bridgehead atoms. The maximum atomic E-state index is 12.4. The highest BCUT2D eigenvalue weighted by atomic mass is 33.1. The van der Waals surface area contributed by atoms with Gasteiger partial charge in [0.2, 0.25) is 17.7 Å². The number of carbonyl (C=O) groups is 8. The van der Waals surface area contributed by atoms with Crippen LogP contribution in [0.15, 0.2) is 0 Å². The molecule has 226 valence electrons. The van der Waals surface area contributed by atoms with Crippen LogP contribution in [0.5, 0.6) is 0 Å². The van der Waals surface area contributed by atoms with Crippen molar-refractivity contribution < 1.29 is 58.8 Å². The maximum Gasteiger partial charge on any atom is 0.322 e. The van der Waals surface area contributed by atoms with Crippen LogP contribution >= 0.6 is 21.6 Å². The molecule has 0 aromatic heterocycles. The zero-order valence-corrected chi connectivity index (χ0v) is 22.8. The summed E-state index contributed by atoms with van der Waals surface area (Å²) in [5.74, 6) is -9.23. The molecule has 0 saturated carbocycles. The molecule has 19 heteroatoms. The van der Waals surface area contributed by atoms with E-state index in [0.29, 0.717) is 0 Å². The van der Waals surface area contributed by atoms with Crippen molar-refractivity contribution in [1.29, 1.82) is 0 Å². The molecule has 0 radical (unpaired) electrons. The maximum absolute atomic E-state index is 12.4. The Labute approximate surface area is 235 Å². The fourth-order valence-corrected chi connectivity index (χ4v) is 5.22. The Kier molecular flexibility index (Phi) is 17.9. The molecule has 3 amide bonds. The van der Waals surface area contributed by atoms with Gasteiger partial charge in [-0.25, -0.2) is 0 Å². The second-order valence-electron chi connectivity index (χ2n) is 8.32. The number of amides is 3. The number of ketones is 1. The average molecular weight is 612 g/mol. The second-order valence-corrected chi connectivity index (χ2v) is 10.9. The summed E-state index contributed by atoms with van der Waals surface area (Å²) in [6.07, 6.45) is -1.27. The van der Waals surface area contributed by atoms with Gasteiger partial charge in [-0.2, -0.15) is 0 Å². The third kappa shape index (κ3) is 17.2. The number of carboxylic acid groups (broad SMARTS) is 4. The minimum Gasteiger partial charge on any atom is -0.480 e. The van der Waals surface area contributed by atoms with Crippen molar-refractivity contribution in [3.63, 3.8) is 0 Å². The van der Waals surface area contributed by atoms with E-state index < -0.39 is 84.5 Å². The summed E-state index contributed by atoms with van der Waals surface area (Å²) in [6.45, 7) is -1.43. The highest BCUT2D eigenvalue weighted by Gasteiger charge is 2.26. The minimum absolute atomic E-state index is 0.0439. The number of Topliss-reactive ketones (excluding diaryl/α,β-unsaturated/α-hetero) is 1. The van der Waals surface area contributed by atoms with Crippen LogP contribution < -0.4 is 27.4 Å². The third-order valence-corrected chi connectivity index (χ3v) is 7.45. The van der Waals surface area contributed by atoms with Crippen molar-refractivity contribution >= 4 is 69.0 Å². The monoisotopic (exact) mass is 611 g/mol. The summed E-state index contributed by atoms with van der Waals surface area (Å²) in [7, 11) is 1.99. The first-order chi connectivity index (χ1) is 18.6. The van der Waals surface area contributed by atoms with Gasteiger partial charge in [0.1, 0.15) is 37.0 Å². The van der Waals surface area contributed by atoms with Crippen molar-refractivity contribution in [2.45, 2.75) is 50.2 Å². The fraction of sp³-hybridized carbons (Fsp3) is 0.619. The van der Waals surface area contributed by atoms with Gasteiger partial charge in [0, 0.05) is 30.8 Å². The zero-order chi connectivity index (χ0) is 30.8. The van der Waals surface area contributed by atoms with Gasteiger partial charge in [-0.3, -0.25) is 38.4 Å². The first kappa shape index (κ1) is 36.6. The lowest BCUT2D eigenvalue weighted by atomic mass is 9.99. The molecule has 0 unspecified atom stereocenters. The molecular weight excluding hydrogens is 578 g/mol. The number of hydrogen-bond donors (Lipinski definition) is 9. The van der Waals surface area contributed by atoms with Gasteiger partial charge >= 0.3 is 23.9 Å². The van der Waals surface area contributed by atoms with Crippen LogP contribution in [0, 0.1) is 5.92 Å². The zero-order valence-electron chi connectivity index (χ0n) is 21.2. The fourth-order valence-electron chi connectivity index (χ4n) is 2.74. The van der Waals surface area contributed by atoms with Gasteiger partial charge in [0.15, 0.2) is 0 Å². The summed E-state index contributed by atoms with van der Waals surface area (Å²) >= 11 is 0. The van der Waals surface area contributed by atoms with Crippen LogP contribution in [-0.4, -0.2) is 111 Å². The third-order valence-electron chi connectivity index (χ3n) is 4.96. The molecule has 0 fully saturated rings. The van der Waals surface area contributed by atoms with E-state index in [2.05, 4.69) is 16.0 Å². The van der Waals surface area contributed by atoms with E-state index in [1.807, 2.05) is 0 Å². The number of aliphatic carboxylic acids is 4. The van der Waals surface area contributed by atoms with E-state index in [1.165, 1.54) is 0 Å². The van der Waals surface area contributed by atoms with E-state index in [-0.39, 0.29) is 43.6 Å². The highest BCUT2D eigenvalue weighted by Crippen LogP contribution is 2.27. The summed E-state index contributed by atoms with van der Waals surface area (Å²) < 4.78 is 0. The smallest absolute Gasteiger partial charge is 0.322 e. The molecule has 0 aliphatic carbocycles. The number of nitrogens with one attached hydrogen (secondary N) is 3. The van der Waals surface area contributed by atoms with Gasteiger partial charge in [0.25, 0.3) is 0 Å². The Hall–Kier alpha value is -3.42. The van der Waals surface area contributed by atoms with Gasteiger partial charge in [-0.1, -0.05) is 21.6 Å². The molecule has 11 N–H and O–H groups in total. The number of rotatable bonds is 22. The first-order valence-corrected chi connectivity index (χ1v) is 14.1. The Bertz CT molecular complexity index is 877. The van der Waals surface area contributed by atoms with E-state index in [9.17, 15) is 38.4 Å². The molecule has 0 aliphatic heterocycles. The van der Waals surface area contributed by atoms with Crippen molar-refractivity contribution in [3.05, 3.63) is 0 Å². The standard InChI is InChI=1S/C21H33N5O12S2/c22-12(20(35)36)2-1-11(27)5-10(18(33)24-6-16(29)30)8-39-40-9-14(19(34)25-7-17(31)32)26-15(28)4-3-13(23)21(37)38/h10,12-14H,1-9,22-23H2,(H,24,33)(H,25,34)(H,26,28)(H,29,30)(H,31,32)(H,35,36)(H,37,38)/t10-,12+,13+,14-/m1/s1. The summed E-state index contributed by atoms with van der Waals surface area (Å²) in [6, 6.07) is -3.82. The predicted molar refractivity (Wildman–Crippen MR) is 141 cm³/mol. The number of carboxylic acids is 4. The lowest BCUT2D eigenvalue weighted by molar-refractivity contribution is -0.140. The molecule has 17 nitrogen and oxygen atoms in total. The topological polar surface area (TPSA) is 306 Å². The Morgan fingerprint density at radius 3 is 1.65 bits per heavy atom. The van der Waals surface area contributed by atoms with Gasteiger partial charge < -0.3 is 47.8 Å². The molecule has 0 saturated heterocycles. The number of nitrogens with two attached hydrogens (primary N) is 2. The van der Waals surface area contributed by atoms with Crippen LogP contribution in [0.1, 0.15) is 32.1 Å². The van der Waals surface area contributed by atoms with Crippen LogP contribution in [0.25, 0.3) is 0 Å². The van der Waals surface area contributed by atoms with Gasteiger partial charge in [-0.05, 0) is 12.8 Å². The lowest BCUT2D eigenvalue weighted by Gasteiger charge is -2.19. The molecule has 4 atom stereocenters. The molecule has 0 rings (SSSR count). The molecule has 0 heterocycles. The van der Waals surface area contributed by atoms with E-state index in [4.69, 9.17) is 31.9 Å². The van der Waals surface area contributed by atoms with E-state index in [1.54, 1.807) is 0 Å². The van der Waals surface area contributed by atoms with Crippen molar-refractivity contribution in [3.8, 4) is 0 Å². The van der Waals surface area contributed by atoms with Gasteiger partial charge in [-0.15, -0.1) is 0 Å². The van der Waals surface area contributed by atoms with E-state index >= 15 is 0 Å². The molecule has 0 spiro atoms. The summed E-state index contributed by atoms with van der Waals surface area (Å²) in [4.78, 5) is 92.5. The number of carbonyl (C=O) groups excluding carboxylic acids is 4. The quantitative estimate of drug-likeness (QED) is 0.0441. The largest absolute Gasteiger partial charge is 0.480 e. The Balaban J connectivity index is 5.18. The Morgan fingerprint density at radius 2 is 1.15 bits per heavy atom. The lowest BCUT2D eigenvalue weighted by Crippen LogP contribution is -2.49. The average Bonchev–Trinajstić information content (AvgIpc) is 2.87.